The summed E-state index contributed by atoms with van der Waals surface area (Å²) in [5.41, 5.74) is 5.04. The van der Waals surface area contributed by atoms with Crippen molar-refractivity contribution in [1.82, 2.24) is 9.97 Å². The summed E-state index contributed by atoms with van der Waals surface area (Å²) in [5.74, 6) is 0. The number of fused-ring (bicyclic) bond motifs is 2. The maximum absolute atomic E-state index is 5.90. The van der Waals surface area contributed by atoms with Crippen molar-refractivity contribution in [3.05, 3.63) is 54.7 Å². The normalized spacial score (nSPS) is 15.5. The van der Waals surface area contributed by atoms with Crippen molar-refractivity contribution in [2.45, 2.75) is 38.1 Å². The number of hydrogen-bond donors (Lipinski definition) is 1. The molecule has 0 bridgehead atoms. The predicted molar refractivity (Wildman–Crippen MR) is 105 cm³/mol. The van der Waals surface area contributed by atoms with Crippen LogP contribution < -0.4 is 5.32 Å². The molecule has 26 heavy (non-hydrogen) atoms. The molecule has 2 aromatic carbocycles. The number of anilines is 1. The maximum atomic E-state index is 5.90. The topological polar surface area (TPSA) is 51.0 Å². The lowest BCUT2D eigenvalue weighted by molar-refractivity contribution is 0.451. The van der Waals surface area contributed by atoms with Crippen LogP contribution in [0.4, 0.5) is 6.01 Å². The minimum Gasteiger partial charge on any atom is -0.424 e. The Morgan fingerprint density at radius 1 is 0.885 bits per heavy atom. The fourth-order valence-electron chi connectivity index (χ4n) is 3.85. The number of nitrogens with one attached hydrogen (secondary N) is 1. The third kappa shape index (κ3) is 2.92. The number of aromatic nitrogens is 2. The van der Waals surface area contributed by atoms with E-state index in [9.17, 15) is 0 Å². The van der Waals surface area contributed by atoms with E-state index in [0.29, 0.717) is 12.1 Å². The van der Waals surface area contributed by atoms with Gasteiger partial charge in [0.15, 0.2) is 5.58 Å². The molecule has 4 nitrogen and oxygen atoms in total. The Hall–Kier alpha value is -2.88. The van der Waals surface area contributed by atoms with Crippen LogP contribution in [0.1, 0.15) is 32.1 Å². The van der Waals surface area contributed by atoms with Crippen molar-refractivity contribution in [2.24, 2.45) is 0 Å². The van der Waals surface area contributed by atoms with Gasteiger partial charge >= 0.3 is 0 Å². The molecule has 4 aromatic rings. The molecule has 0 radical (unpaired) electrons. The molecule has 0 atom stereocenters. The SMILES string of the molecule is c1cnc2ccc(-c3ccc4oc(NC5CCCCC5)nc4c3)cc2c1. The molecule has 1 saturated carbocycles. The van der Waals surface area contributed by atoms with E-state index in [4.69, 9.17) is 4.42 Å². The van der Waals surface area contributed by atoms with Gasteiger partial charge in [-0.25, -0.2) is 0 Å². The molecule has 1 fully saturated rings. The van der Waals surface area contributed by atoms with Gasteiger partial charge < -0.3 is 9.73 Å². The summed E-state index contributed by atoms with van der Waals surface area (Å²) in [7, 11) is 0. The summed E-state index contributed by atoms with van der Waals surface area (Å²) in [6, 6.07) is 17.7. The van der Waals surface area contributed by atoms with Crippen LogP contribution in [0.15, 0.2) is 59.1 Å². The van der Waals surface area contributed by atoms with E-state index in [1.54, 1.807) is 0 Å². The van der Waals surface area contributed by atoms with Crippen molar-refractivity contribution in [1.29, 1.82) is 0 Å². The first-order chi connectivity index (χ1) is 12.8. The molecule has 2 heterocycles. The molecule has 0 spiro atoms. The summed E-state index contributed by atoms with van der Waals surface area (Å²) in [4.78, 5) is 9.05. The Balaban J connectivity index is 1.46. The molecule has 0 saturated heterocycles. The molecule has 0 unspecified atom stereocenters. The van der Waals surface area contributed by atoms with Gasteiger partial charge in [0.25, 0.3) is 6.01 Å². The lowest BCUT2D eigenvalue weighted by atomic mass is 9.96. The van der Waals surface area contributed by atoms with Gasteiger partial charge in [0.2, 0.25) is 0 Å². The van der Waals surface area contributed by atoms with Crippen LogP contribution >= 0.6 is 0 Å². The smallest absolute Gasteiger partial charge is 0.295 e. The Bertz CT molecular complexity index is 1060. The predicted octanol–water partition coefficient (Wildman–Crippen LogP) is 5.79. The molecule has 1 aliphatic carbocycles. The summed E-state index contributed by atoms with van der Waals surface area (Å²) in [6.07, 6.45) is 8.16. The number of pyridine rings is 1. The van der Waals surface area contributed by atoms with Gasteiger partial charge in [-0.3, -0.25) is 4.98 Å². The largest absolute Gasteiger partial charge is 0.424 e. The van der Waals surface area contributed by atoms with E-state index < -0.39 is 0 Å². The lowest BCUT2D eigenvalue weighted by Gasteiger charge is -2.21. The van der Waals surface area contributed by atoms with Crippen LogP contribution in [0, 0.1) is 0 Å². The second-order valence-electron chi connectivity index (χ2n) is 7.09. The van der Waals surface area contributed by atoms with Crippen molar-refractivity contribution in [3.63, 3.8) is 0 Å². The van der Waals surface area contributed by atoms with Crippen LogP contribution in [0.3, 0.4) is 0 Å². The van der Waals surface area contributed by atoms with Crippen LogP contribution in [-0.2, 0) is 0 Å². The Morgan fingerprint density at radius 2 is 1.73 bits per heavy atom. The second kappa shape index (κ2) is 6.45. The van der Waals surface area contributed by atoms with Crippen molar-refractivity contribution in [2.75, 3.05) is 5.32 Å². The molecular weight excluding hydrogens is 322 g/mol. The van der Waals surface area contributed by atoms with Gasteiger partial charge in [-0.05, 0) is 54.3 Å². The Morgan fingerprint density at radius 3 is 2.65 bits per heavy atom. The molecular formula is C22H21N3O. The highest BCUT2D eigenvalue weighted by atomic mass is 16.4. The zero-order valence-electron chi connectivity index (χ0n) is 14.6. The molecule has 0 amide bonds. The van der Waals surface area contributed by atoms with Gasteiger partial charge in [0.05, 0.1) is 5.52 Å². The fourth-order valence-corrected chi connectivity index (χ4v) is 3.85. The molecule has 0 aliphatic heterocycles. The van der Waals surface area contributed by atoms with E-state index in [2.05, 4.69) is 51.7 Å². The molecule has 130 valence electrons. The average molecular weight is 343 g/mol. The molecule has 1 aliphatic rings. The minimum atomic E-state index is 0.490. The number of benzene rings is 2. The lowest BCUT2D eigenvalue weighted by Crippen LogP contribution is -2.22. The van der Waals surface area contributed by atoms with Crippen LogP contribution in [-0.4, -0.2) is 16.0 Å². The molecule has 5 rings (SSSR count). The van der Waals surface area contributed by atoms with Crippen LogP contribution in [0.2, 0.25) is 0 Å². The second-order valence-corrected chi connectivity index (χ2v) is 7.09. The van der Waals surface area contributed by atoms with E-state index in [1.807, 2.05) is 18.3 Å². The minimum absolute atomic E-state index is 0.490. The maximum Gasteiger partial charge on any atom is 0.295 e. The van der Waals surface area contributed by atoms with Crippen molar-refractivity contribution < 1.29 is 4.42 Å². The standard InChI is InChI=1S/C22H21N3O/c1-2-6-18(7-3-1)24-22-25-20-14-16(9-11-21(20)26-22)15-8-10-19-17(13-15)5-4-12-23-19/h4-5,8-14,18H,1-3,6-7H2,(H,24,25). The van der Waals surface area contributed by atoms with Crippen molar-refractivity contribution in [3.8, 4) is 11.1 Å². The third-order valence-electron chi connectivity index (χ3n) is 5.26. The molecule has 2 aromatic heterocycles. The van der Waals surface area contributed by atoms with Crippen LogP contribution in [0.5, 0.6) is 0 Å². The first kappa shape index (κ1) is 15.4. The summed E-state index contributed by atoms with van der Waals surface area (Å²) < 4.78 is 5.90. The summed E-state index contributed by atoms with van der Waals surface area (Å²) in [5, 5.41) is 4.61. The Labute approximate surface area is 152 Å². The zero-order valence-corrected chi connectivity index (χ0v) is 14.6. The third-order valence-corrected chi connectivity index (χ3v) is 5.26. The van der Waals surface area contributed by atoms with Gasteiger partial charge in [0, 0.05) is 17.6 Å². The number of rotatable bonds is 3. The van der Waals surface area contributed by atoms with Gasteiger partial charge in [0.1, 0.15) is 5.52 Å². The molecule has 4 heteroatoms. The van der Waals surface area contributed by atoms with Gasteiger partial charge in [-0.1, -0.05) is 37.5 Å². The highest BCUT2D eigenvalue weighted by Gasteiger charge is 2.16. The van der Waals surface area contributed by atoms with E-state index >= 15 is 0 Å². The fraction of sp³-hybridized carbons (Fsp3) is 0.273. The van der Waals surface area contributed by atoms with E-state index in [1.165, 1.54) is 32.1 Å². The first-order valence-electron chi connectivity index (χ1n) is 9.37. The van der Waals surface area contributed by atoms with Gasteiger partial charge in [-0.2, -0.15) is 4.98 Å². The first-order valence-corrected chi connectivity index (χ1v) is 9.37. The number of oxazole rings is 1. The van der Waals surface area contributed by atoms with E-state index in [-0.39, 0.29) is 0 Å². The number of hydrogen-bond acceptors (Lipinski definition) is 4. The Kier molecular flexibility index (Phi) is 3.81. The average Bonchev–Trinajstić information content (AvgIpc) is 3.09. The quantitative estimate of drug-likeness (QED) is 0.512. The highest BCUT2D eigenvalue weighted by Crippen LogP contribution is 2.29. The number of nitrogens with zero attached hydrogens (tertiary/aromatic N) is 2. The molecule has 1 N–H and O–H groups in total. The monoisotopic (exact) mass is 343 g/mol. The highest BCUT2D eigenvalue weighted by molar-refractivity contribution is 5.87. The summed E-state index contributed by atoms with van der Waals surface area (Å²) in [6.45, 7) is 0. The van der Waals surface area contributed by atoms with Crippen molar-refractivity contribution >= 4 is 28.0 Å². The summed E-state index contributed by atoms with van der Waals surface area (Å²) >= 11 is 0. The van der Waals surface area contributed by atoms with Gasteiger partial charge in [-0.15, -0.1) is 0 Å². The zero-order chi connectivity index (χ0) is 17.3. The van der Waals surface area contributed by atoms with Crippen LogP contribution in [0.25, 0.3) is 33.1 Å². The van der Waals surface area contributed by atoms with E-state index in [0.717, 1.165) is 33.1 Å².